The summed E-state index contributed by atoms with van der Waals surface area (Å²) < 4.78 is 39.2. The fourth-order valence-electron chi connectivity index (χ4n) is 1.46. The molecule has 0 saturated carbocycles. The molecule has 0 rings (SSSR count). The number of hydrogen-bond donors (Lipinski definition) is 0. The van der Waals surface area contributed by atoms with Gasteiger partial charge in [-0.05, 0) is 6.42 Å². The van der Waals surface area contributed by atoms with Crippen LogP contribution in [-0.2, 0) is 9.53 Å². The smallest absolute Gasteiger partial charge is 0.422 e. The van der Waals surface area contributed by atoms with Gasteiger partial charge >= 0.3 is 12.1 Å². The van der Waals surface area contributed by atoms with E-state index in [1.54, 1.807) is 0 Å². The van der Waals surface area contributed by atoms with Crippen molar-refractivity contribution >= 4 is 5.97 Å². The molecule has 0 aliphatic carbocycles. The Morgan fingerprint density at radius 1 is 1.00 bits per heavy atom. The minimum Gasteiger partial charge on any atom is -0.456 e. The molecule has 0 saturated heterocycles. The topological polar surface area (TPSA) is 26.3 Å². The van der Waals surface area contributed by atoms with Crippen molar-refractivity contribution in [2.24, 2.45) is 0 Å². The standard InChI is InChI=1S/C12H21F3O2/c1-2-3-4-5-6-7-8-9-11(16)17-10-12(13,14)15/h2-10H2,1H3. The highest BCUT2D eigenvalue weighted by atomic mass is 19.4. The van der Waals surface area contributed by atoms with E-state index < -0.39 is 18.8 Å². The quantitative estimate of drug-likeness (QED) is 0.454. The first kappa shape index (κ1) is 16.3. The van der Waals surface area contributed by atoms with E-state index in [4.69, 9.17) is 0 Å². The monoisotopic (exact) mass is 254 g/mol. The summed E-state index contributed by atoms with van der Waals surface area (Å²) in [4.78, 5) is 10.9. The van der Waals surface area contributed by atoms with Crippen LogP contribution < -0.4 is 0 Å². The normalized spacial score (nSPS) is 11.5. The van der Waals surface area contributed by atoms with Gasteiger partial charge in [0.25, 0.3) is 0 Å². The first-order chi connectivity index (χ1) is 7.95. The van der Waals surface area contributed by atoms with Crippen molar-refractivity contribution in [1.29, 1.82) is 0 Å². The molecule has 0 spiro atoms. The Hall–Kier alpha value is -0.740. The van der Waals surface area contributed by atoms with Gasteiger partial charge in [-0.3, -0.25) is 4.79 Å². The Morgan fingerprint density at radius 2 is 1.53 bits per heavy atom. The summed E-state index contributed by atoms with van der Waals surface area (Å²) in [7, 11) is 0. The van der Waals surface area contributed by atoms with E-state index in [0.29, 0.717) is 6.42 Å². The van der Waals surface area contributed by atoms with Crippen LogP contribution in [0.2, 0.25) is 0 Å². The number of hydrogen-bond acceptors (Lipinski definition) is 2. The molecule has 0 aromatic carbocycles. The fourth-order valence-corrected chi connectivity index (χ4v) is 1.46. The van der Waals surface area contributed by atoms with E-state index >= 15 is 0 Å². The zero-order chi connectivity index (χ0) is 13.1. The van der Waals surface area contributed by atoms with Gasteiger partial charge in [0.05, 0.1) is 0 Å². The molecule has 0 aliphatic heterocycles. The van der Waals surface area contributed by atoms with E-state index in [1.165, 1.54) is 19.3 Å². The van der Waals surface area contributed by atoms with E-state index in [9.17, 15) is 18.0 Å². The Bertz CT molecular complexity index is 202. The molecule has 0 unspecified atom stereocenters. The van der Waals surface area contributed by atoms with Gasteiger partial charge in [-0.2, -0.15) is 13.2 Å². The minimum absolute atomic E-state index is 0.0872. The molecule has 0 heterocycles. The number of alkyl halides is 3. The molecule has 0 fully saturated rings. The Labute approximate surface area is 101 Å². The number of esters is 1. The van der Waals surface area contributed by atoms with Gasteiger partial charge in [-0.1, -0.05) is 45.4 Å². The number of rotatable bonds is 9. The number of carbonyl (C=O) groups is 1. The van der Waals surface area contributed by atoms with Crippen LogP contribution in [0.15, 0.2) is 0 Å². The average molecular weight is 254 g/mol. The Balaban J connectivity index is 3.28. The van der Waals surface area contributed by atoms with E-state index in [-0.39, 0.29) is 6.42 Å². The van der Waals surface area contributed by atoms with Gasteiger partial charge in [-0.15, -0.1) is 0 Å². The number of halogens is 3. The molecule has 5 heteroatoms. The van der Waals surface area contributed by atoms with Gasteiger partial charge in [-0.25, -0.2) is 0 Å². The number of carbonyl (C=O) groups excluding carboxylic acids is 1. The van der Waals surface area contributed by atoms with Gasteiger partial charge in [0.2, 0.25) is 0 Å². The van der Waals surface area contributed by atoms with Gasteiger partial charge in [0.1, 0.15) is 0 Å². The summed E-state index contributed by atoms with van der Waals surface area (Å²) in [5, 5.41) is 0. The predicted octanol–water partition coefficient (Wildman–Crippen LogP) is 4.23. The maximum Gasteiger partial charge on any atom is 0.422 e. The van der Waals surface area contributed by atoms with Crippen molar-refractivity contribution in [3.8, 4) is 0 Å². The third kappa shape index (κ3) is 13.2. The summed E-state index contributed by atoms with van der Waals surface area (Å²) in [5.41, 5.74) is 0. The molecule has 0 N–H and O–H groups in total. The SMILES string of the molecule is CCCCCCCCCC(=O)OCC(F)(F)F. The van der Waals surface area contributed by atoms with Crippen LogP contribution in [-0.4, -0.2) is 18.8 Å². The molecular formula is C12H21F3O2. The predicted molar refractivity (Wildman–Crippen MR) is 59.6 cm³/mol. The Morgan fingerprint density at radius 3 is 2.06 bits per heavy atom. The second kappa shape index (κ2) is 9.31. The average Bonchev–Trinajstić information content (AvgIpc) is 2.24. The van der Waals surface area contributed by atoms with Crippen LogP contribution in [0, 0.1) is 0 Å². The van der Waals surface area contributed by atoms with Crippen molar-refractivity contribution in [1.82, 2.24) is 0 Å². The van der Waals surface area contributed by atoms with E-state index in [0.717, 1.165) is 19.3 Å². The lowest BCUT2D eigenvalue weighted by atomic mass is 10.1. The van der Waals surface area contributed by atoms with Gasteiger partial charge in [0.15, 0.2) is 6.61 Å². The summed E-state index contributed by atoms with van der Waals surface area (Å²) in [6.07, 6.45) is 2.91. The van der Waals surface area contributed by atoms with Crippen molar-refractivity contribution in [2.45, 2.75) is 64.5 Å². The highest BCUT2D eigenvalue weighted by Gasteiger charge is 2.29. The zero-order valence-electron chi connectivity index (χ0n) is 10.3. The van der Waals surface area contributed by atoms with Crippen molar-refractivity contribution in [2.75, 3.05) is 6.61 Å². The van der Waals surface area contributed by atoms with Crippen molar-refractivity contribution in [3.63, 3.8) is 0 Å². The van der Waals surface area contributed by atoms with Crippen LogP contribution in [0.5, 0.6) is 0 Å². The van der Waals surface area contributed by atoms with Gasteiger partial charge in [0, 0.05) is 6.42 Å². The third-order valence-corrected chi connectivity index (χ3v) is 2.38. The highest BCUT2D eigenvalue weighted by molar-refractivity contribution is 5.69. The summed E-state index contributed by atoms with van der Waals surface area (Å²) in [6, 6.07) is 0. The lowest BCUT2D eigenvalue weighted by molar-refractivity contribution is -0.186. The maximum absolute atomic E-state index is 11.7. The van der Waals surface area contributed by atoms with Crippen LogP contribution in [0.3, 0.4) is 0 Å². The zero-order valence-corrected chi connectivity index (χ0v) is 10.3. The highest BCUT2D eigenvalue weighted by Crippen LogP contribution is 2.15. The molecule has 0 atom stereocenters. The molecule has 0 bridgehead atoms. The molecule has 0 aliphatic rings. The first-order valence-electron chi connectivity index (χ1n) is 6.18. The Kier molecular flexibility index (Phi) is 8.90. The fraction of sp³-hybridized carbons (Fsp3) is 0.917. The lowest BCUT2D eigenvalue weighted by Crippen LogP contribution is -2.20. The van der Waals surface area contributed by atoms with E-state index in [1.807, 2.05) is 0 Å². The minimum atomic E-state index is -4.42. The molecular weight excluding hydrogens is 233 g/mol. The lowest BCUT2D eigenvalue weighted by Gasteiger charge is -2.07. The molecule has 0 aromatic heterocycles. The van der Waals surface area contributed by atoms with Gasteiger partial charge < -0.3 is 4.74 Å². The summed E-state index contributed by atoms with van der Waals surface area (Å²) >= 11 is 0. The maximum atomic E-state index is 11.7. The second-order valence-electron chi connectivity index (χ2n) is 4.15. The molecule has 0 radical (unpaired) electrons. The molecule has 17 heavy (non-hydrogen) atoms. The van der Waals surface area contributed by atoms with Crippen molar-refractivity contribution in [3.05, 3.63) is 0 Å². The number of unbranched alkanes of at least 4 members (excludes halogenated alkanes) is 6. The summed E-state index contributed by atoms with van der Waals surface area (Å²) in [6.45, 7) is 0.666. The number of ether oxygens (including phenoxy) is 1. The van der Waals surface area contributed by atoms with Crippen LogP contribution >= 0.6 is 0 Å². The molecule has 0 aromatic rings. The van der Waals surface area contributed by atoms with E-state index in [2.05, 4.69) is 11.7 Å². The first-order valence-corrected chi connectivity index (χ1v) is 6.18. The third-order valence-electron chi connectivity index (χ3n) is 2.38. The molecule has 0 amide bonds. The summed E-state index contributed by atoms with van der Waals surface area (Å²) in [5.74, 6) is -0.754. The van der Waals surface area contributed by atoms with Crippen LogP contribution in [0.1, 0.15) is 58.3 Å². The van der Waals surface area contributed by atoms with Crippen molar-refractivity contribution < 1.29 is 22.7 Å². The largest absolute Gasteiger partial charge is 0.456 e. The molecule has 2 nitrogen and oxygen atoms in total. The molecule has 102 valence electrons. The second-order valence-corrected chi connectivity index (χ2v) is 4.15. The van der Waals surface area contributed by atoms with Crippen LogP contribution in [0.25, 0.3) is 0 Å². The van der Waals surface area contributed by atoms with Crippen LogP contribution in [0.4, 0.5) is 13.2 Å².